The quantitative estimate of drug-likeness (QED) is 0.865. The number of rotatable bonds is 2. The molecule has 2 aromatic carbocycles. The van der Waals surface area contributed by atoms with Crippen LogP contribution in [0, 0.1) is 13.8 Å². The fourth-order valence-electron chi connectivity index (χ4n) is 2.92. The molecule has 0 aromatic heterocycles. The largest absolute Gasteiger partial charge is 0.445 e. The molecular weight excluding hydrogens is 290 g/mol. The molecule has 3 rings (SSSR count). The number of aryl methyl sites for hydroxylation is 2. The third-order valence-corrected chi connectivity index (χ3v) is 4.28. The molecule has 0 spiro atoms. The van der Waals surface area contributed by atoms with E-state index in [1.807, 2.05) is 44.2 Å². The van der Waals surface area contributed by atoms with Crippen molar-refractivity contribution in [2.24, 2.45) is 0 Å². The second-order valence-electron chi connectivity index (χ2n) is 6.18. The van der Waals surface area contributed by atoms with Gasteiger partial charge < -0.3 is 10.1 Å². The highest BCUT2D eigenvalue weighted by Gasteiger charge is 2.42. The van der Waals surface area contributed by atoms with Crippen molar-refractivity contribution in [1.29, 1.82) is 0 Å². The van der Waals surface area contributed by atoms with Gasteiger partial charge in [-0.05, 0) is 43.5 Å². The van der Waals surface area contributed by atoms with Crippen LogP contribution in [0.3, 0.4) is 0 Å². The number of carbonyl (C=O) groups is 2. The number of amides is 1. The van der Waals surface area contributed by atoms with Gasteiger partial charge in [0.1, 0.15) is 0 Å². The molecule has 1 heterocycles. The van der Waals surface area contributed by atoms with E-state index < -0.39 is 11.6 Å². The summed E-state index contributed by atoms with van der Waals surface area (Å²) in [5, 5.41) is 2.92. The van der Waals surface area contributed by atoms with Crippen LogP contribution in [-0.4, -0.2) is 17.5 Å². The Hall–Kier alpha value is -2.62. The molecule has 118 valence electrons. The van der Waals surface area contributed by atoms with E-state index in [0.717, 1.165) is 22.4 Å². The zero-order valence-electron chi connectivity index (χ0n) is 13.5. The molecule has 0 bridgehead atoms. The van der Waals surface area contributed by atoms with Crippen LogP contribution in [0.25, 0.3) is 0 Å². The van der Waals surface area contributed by atoms with Crippen molar-refractivity contribution in [2.45, 2.75) is 32.8 Å². The fraction of sp³-hybridized carbons (Fsp3) is 0.263. The second-order valence-corrected chi connectivity index (χ2v) is 6.18. The number of carbonyl (C=O) groups excluding carboxylic acids is 2. The Morgan fingerprint density at radius 2 is 1.74 bits per heavy atom. The Morgan fingerprint density at radius 3 is 2.43 bits per heavy atom. The average Bonchev–Trinajstić information content (AvgIpc) is 2.50. The number of ether oxygens (including phenoxy) is 1. The summed E-state index contributed by atoms with van der Waals surface area (Å²) >= 11 is 0. The van der Waals surface area contributed by atoms with Crippen molar-refractivity contribution in [3.63, 3.8) is 0 Å². The summed E-state index contributed by atoms with van der Waals surface area (Å²) < 4.78 is 5.46. The molecule has 0 saturated carbocycles. The van der Waals surface area contributed by atoms with Crippen molar-refractivity contribution in [3.8, 4) is 0 Å². The third kappa shape index (κ3) is 2.72. The van der Waals surface area contributed by atoms with Crippen LogP contribution < -0.4 is 5.32 Å². The zero-order valence-corrected chi connectivity index (χ0v) is 13.5. The van der Waals surface area contributed by atoms with Crippen molar-refractivity contribution in [1.82, 2.24) is 0 Å². The Kier molecular flexibility index (Phi) is 3.68. The standard InChI is InChI=1S/C19H19NO3/c1-12-7-6-8-13(2)16(12)20-18(22)19(3)11-14-9-4-5-10-15(14)17(21)23-19/h4-10H,11H2,1-3H3,(H,20,22)/t19-/m0/s1. The molecule has 23 heavy (non-hydrogen) atoms. The molecule has 1 atom stereocenters. The number of esters is 1. The number of anilines is 1. The van der Waals surface area contributed by atoms with E-state index >= 15 is 0 Å². The summed E-state index contributed by atoms with van der Waals surface area (Å²) in [4.78, 5) is 25.0. The van der Waals surface area contributed by atoms with E-state index in [9.17, 15) is 9.59 Å². The van der Waals surface area contributed by atoms with E-state index in [2.05, 4.69) is 5.32 Å². The summed E-state index contributed by atoms with van der Waals surface area (Å²) in [6.45, 7) is 5.53. The number of hydrogen-bond acceptors (Lipinski definition) is 3. The lowest BCUT2D eigenvalue weighted by molar-refractivity contribution is -0.134. The number of benzene rings is 2. The van der Waals surface area contributed by atoms with E-state index in [4.69, 9.17) is 4.74 Å². The van der Waals surface area contributed by atoms with Crippen LogP contribution in [0.4, 0.5) is 5.69 Å². The molecule has 1 aliphatic heterocycles. The maximum Gasteiger partial charge on any atom is 0.339 e. The van der Waals surface area contributed by atoms with Gasteiger partial charge in [-0.25, -0.2) is 4.79 Å². The molecule has 1 N–H and O–H groups in total. The summed E-state index contributed by atoms with van der Waals surface area (Å²) in [6, 6.07) is 13.1. The van der Waals surface area contributed by atoms with Crippen molar-refractivity contribution in [3.05, 3.63) is 64.7 Å². The van der Waals surface area contributed by atoms with Gasteiger partial charge in [0.05, 0.1) is 5.56 Å². The lowest BCUT2D eigenvalue weighted by Gasteiger charge is -2.33. The van der Waals surface area contributed by atoms with Crippen LogP contribution in [0.5, 0.6) is 0 Å². The SMILES string of the molecule is Cc1cccc(C)c1NC(=O)[C@]1(C)Cc2ccccc2C(=O)O1. The monoisotopic (exact) mass is 309 g/mol. The highest BCUT2D eigenvalue weighted by molar-refractivity contribution is 6.03. The van der Waals surface area contributed by atoms with Gasteiger partial charge in [0.25, 0.3) is 5.91 Å². The Bertz CT molecular complexity index is 777. The number of hydrogen-bond donors (Lipinski definition) is 1. The molecule has 1 amide bonds. The normalized spacial score (nSPS) is 19.7. The maximum absolute atomic E-state index is 12.8. The number of fused-ring (bicyclic) bond motifs is 1. The molecule has 0 unspecified atom stereocenters. The van der Waals surface area contributed by atoms with E-state index in [-0.39, 0.29) is 5.91 Å². The van der Waals surface area contributed by atoms with E-state index in [0.29, 0.717) is 12.0 Å². The molecule has 0 radical (unpaired) electrons. The van der Waals surface area contributed by atoms with Gasteiger partial charge in [-0.3, -0.25) is 4.79 Å². The first-order valence-corrected chi connectivity index (χ1v) is 7.59. The van der Waals surface area contributed by atoms with Crippen LogP contribution in [-0.2, 0) is 16.0 Å². The molecule has 2 aromatic rings. The van der Waals surface area contributed by atoms with Crippen molar-refractivity contribution >= 4 is 17.6 Å². The van der Waals surface area contributed by atoms with Gasteiger partial charge in [0, 0.05) is 12.1 Å². The highest BCUT2D eigenvalue weighted by Crippen LogP contribution is 2.30. The first-order chi connectivity index (χ1) is 10.9. The molecule has 4 heteroatoms. The molecule has 0 aliphatic carbocycles. The van der Waals surface area contributed by atoms with Crippen LogP contribution in [0.15, 0.2) is 42.5 Å². The van der Waals surface area contributed by atoms with Gasteiger partial charge >= 0.3 is 5.97 Å². The Morgan fingerprint density at radius 1 is 1.09 bits per heavy atom. The topological polar surface area (TPSA) is 55.4 Å². The van der Waals surface area contributed by atoms with Gasteiger partial charge in [-0.2, -0.15) is 0 Å². The van der Waals surface area contributed by atoms with Gasteiger partial charge in [-0.15, -0.1) is 0 Å². The van der Waals surface area contributed by atoms with Crippen LogP contribution in [0.2, 0.25) is 0 Å². The molecule has 0 fully saturated rings. The van der Waals surface area contributed by atoms with Crippen molar-refractivity contribution < 1.29 is 14.3 Å². The number of nitrogens with one attached hydrogen (secondary N) is 1. The third-order valence-electron chi connectivity index (χ3n) is 4.28. The van der Waals surface area contributed by atoms with Gasteiger partial charge in [-0.1, -0.05) is 36.4 Å². The van der Waals surface area contributed by atoms with E-state index in [1.54, 1.807) is 19.1 Å². The van der Waals surface area contributed by atoms with Crippen LogP contribution >= 0.6 is 0 Å². The minimum atomic E-state index is -1.21. The average molecular weight is 309 g/mol. The number of cyclic esters (lactones) is 1. The number of para-hydroxylation sites is 1. The fourth-order valence-corrected chi connectivity index (χ4v) is 2.92. The Labute approximate surface area is 135 Å². The predicted molar refractivity (Wildman–Crippen MR) is 88.5 cm³/mol. The zero-order chi connectivity index (χ0) is 16.6. The highest BCUT2D eigenvalue weighted by atomic mass is 16.6. The summed E-state index contributed by atoms with van der Waals surface area (Å²) in [5.41, 5.74) is 2.88. The lowest BCUT2D eigenvalue weighted by atomic mass is 9.89. The minimum Gasteiger partial charge on any atom is -0.445 e. The first-order valence-electron chi connectivity index (χ1n) is 7.59. The predicted octanol–water partition coefficient (Wildman–Crippen LogP) is 3.41. The lowest BCUT2D eigenvalue weighted by Crippen LogP contribution is -2.49. The van der Waals surface area contributed by atoms with Gasteiger partial charge in [0.15, 0.2) is 5.60 Å². The minimum absolute atomic E-state index is 0.308. The van der Waals surface area contributed by atoms with Gasteiger partial charge in [0.2, 0.25) is 0 Å². The Balaban J connectivity index is 1.90. The molecule has 1 aliphatic rings. The summed E-state index contributed by atoms with van der Waals surface area (Å²) in [7, 11) is 0. The van der Waals surface area contributed by atoms with Crippen molar-refractivity contribution in [2.75, 3.05) is 5.32 Å². The smallest absolute Gasteiger partial charge is 0.339 e. The summed E-state index contributed by atoms with van der Waals surface area (Å²) in [6.07, 6.45) is 0.367. The molecular formula is C19H19NO3. The second kappa shape index (κ2) is 5.54. The van der Waals surface area contributed by atoms with Crippen LogP contribution in [0.1, 0.15) is 34.0 Å². The van der Waals surface area contributed by atoms with E-state index in [1.165, 1.54) is 0 Å². The maximum atomic E-state index is 12.8. The first kappa shape index (κ1) is 15.3. The molecule has 0 saturated heterocycles. The summed E-state index contributed by atoms with van der Waals surface area (Å²) in [5.74, 6) is -0.760. The molecule has 4 nitrogen and oxygen atoms in total.